The number of amides is 1. The van der Waals surface area contributed by atoms with Crippen LogP contribution in [-0.2, 0) is 20.7 Å². The number of hydrogen-bond donors (Lipinski definition) is 2. The van der Waals surface area contributed by atoms with E-state index in [2.05, 4.69) is 27.8 Å². The van der Waals surface area contributed by atoms with E-state index in [1.54, 1.807) is 7.05 Å². The second-order valence-corrected chi connectivity index (χ2v) is 7.99. The van der Waals surface area contributed by atoms with Crippen molar-refractivity contribution in [1.82, 2.24) is 15.5 Å². The van der Waals surface area contributed by atoms with Gasteiger partial charge in [-0.1, -0.05) is 43.2 Å². The van der Waals surface area contributed by atoms with Crippen LogP contribution in [0, 0.1) is 5.92 Å². The Hall–Kier alpha value is -2.57. The van der Waals surface area contributed by atoms with Gasteiger partial charge in [0.05, 0.1) is 6.61 Å². The maximum absolute atomic E-state index is 12.3. The molecule has 31 heavy (non-hydrogen) atoms. The summed E-state index contributed by atoms with van der Waals surface area (Å²) in [6.07, 6.45) is 6.00. The molecule has 1 heterocycles. The van der Waals surface area contributed by atoms with Crippen molar-refractivity contribution in [2.75, 3.05) is 39.8 Å². The topological polar surface area (TPSA) is 83.0 Å². The zero-order chi connectivity index (χ0) is 22.3. The van der Waals surface area contributed by atoms with Gasteiger partial charge in [0.2, 0.25) is 5.91 Å². The van der Waals surface area contributed by atoms with Crippen LogP contribution in [0.15, 0.2) is 35.3 Å². The number of unbranched alkanes of at least 4 members (excludes halogenated alkanes) is 3. The molecular weight excluding hydrogens is 392 g/mol. The first-order valence-electron chi connectivity index (χ1n) is 11.5. The fourth-order valence-electron chi connectivity index (χ4n) is 3.76. The van der Waals surface area contributed by atoms with Crippen molar-refractivity contribution in [3.63, 3.8) is 0 Å². The molecule has 1 aliphatic rings. The van der Waals surface area contributed by atoms with E-state index < -0.39 is 0 Å². The monoisotopic (exact) mass is 430 g/mol. The normalized spacial score (nSPS) is 16.5. The Morgan fingerprint density at radius 2 is 1.94 bits per heavy atom. The van der Waals surface area contributed by atoms with E-state index in [9.17, 15) is 9.59 Å². The van der Waals surface area contributed by atoms with Crippen LogP contribution in [0.3, 0.4) is 0 Å². The van der Waals surface area contributed by atoms with Gasteiger partial charge in [0.15, 0.2) is 5.96 Å². The summed E-state index contributed by atoms with van der Waals surface area (Å²) >= 11 is 0. The second kappa shape index (κ2) is 14.4. The number of guanidine groups is 1. The standard InChI is InChI=1S/C24H38N4O3/c1-3-31-23(30)13-9-4-5-10-15-26-24(25-2)27-18-21-17-22(29)28(19-21)16-14-20-11-7-6-8-12-20/h6-8,11-12,21H,3-5,9-10,13-19H2,1-2H3,(H2,25,26,27). The van der Waals surface area contributed by atoms with Crippen LogP contribution in [0.1, 0.15) is 51.0 Å². The molecule has 2 rings (SSSR count). The van der Waals surface area contributed by atoms with Crippen LogP contribution in [-0.4, -0.2) is 62.6 Å². The lowest BCUT2D eigenvalue weighted by molar-refractivity contribution is -0.143. The lowest BCUT2D eigenvalue weighted by atomic mass is 10.1. The average molecular weight is 431 g/mol. The van der Waals surface area contributed by atoms with E-state index in [0.717, 1.165) is 64.2 Å². The van der Waals surface area contributed by atoms with Crippen molar-refractivity contribution >= 4 is 17.8 Å². The molecule has 1 aromatic rings. The highest BCUT2D eigenvalue weighted by molar-refractivity contribution is 5.80. The minimum atomic E-state index is -0.103. The molecular formula is C24H38N4O3. The van der Waals surface area contributed by atoms with E-state index >= 15 is 0 Å². The third kappa shape index (κ3) is 9.85. The Morgan fingerprint density at radius 3 is 2.68 bits per heavy atom. The number of carbonyl (C=O) groups is 2. The van der Waals surface area contributed by atoms with Gasteiger partial charge < -0.3 is 20.3 Å². The van der Waals surface area contributed by atoms with Gasteiger partial charge >= 0.3 is 5.97 Å². The highest BCUT2D eigenvalue weighted by Gasteiger charge is 2.29. The molecule has 1 fully saturated rings. The van der Waals surface area contributed by atoms with Crippen LogP contribution in [0.5, 0.6) is 0 Å². The molecule has 1 amide bonds. The number of hydrogen-bond acceptors (Lipinski definition) is 4. The van der Waals surface area contributed by atoms with Crippen molar-refractivity contribution in [3.8, 4) is 0 Å². The minimum Gasteiger partial charge on any atom is -0.466 e. The van der Waals surface area contributed by atoms with Gasteiger partial charge in [-0.05, 0) is 31.7 Å². The van der Waals surface area contributed by atoms with Gasteiger partial charge in [0.1, 0.15) is 0 Å². The number of likely N-dealkylation sites (tertiary alicyclic amines) is 1. The first-order chi connectivity index (χ1) is 15.1. The van der Waals surface area contributed by atoms with Crippen molar-refractivity contribution in [1.29, 1.82) is 0 Å². The van der Waals surface area contributed by atoms with E-state index in [0.29, 0.717) is 25.4 Å². The van der Waals surface area contributed by atoms with Gasteiger partial charge in [-0.15, -0.1) is 0 Å². The summed E-state index contributed by atoms with van der Waals surface area (Å²) in [5.41, 5.74) is 1.27. The third-order valence-electron chi connectivity index (χ3n) is 5.50. The number of aliphatic imine (C=N–C) groups is 1. The Morgan fingerprint density at radius 1 is 1.16 bits per heavy atom. The van der Waals surface area contributed by atoms with Crippen LogP contribution < -0.4 is 10.6 Å². The van der Waals surface area contributed by atoms with Crippen molar-refractivity contribution in [2.45, 2.75) is 51.9 Å². The van der Waals surface area contributed by atoms with Crippen LogP contribution in [0.25, 0.3) is 0 Å². The van der Waals surface area contributed by atoms with Crippen LogP contribution in [0.4, 0.5) is 0 Å². The van der Waals surface area contributed by atoms with E-state index in [-0.39, 0.29) is 11.9 Å². The lowest BCUT2D eigenvalue weighted by Gasteiger charge is -2.18. The Balaban J connectivity index is 1.55. The zero-order valence-corrected chi connectivity index (χ0v) is 19.1. The van der Waals surface area contributed by atoms with Crippen LogP contribution >= 0.6 is 0 Å². The number of ether oxygens (including phenoxy) is 1. The summed E-state index contributed by atoms with van der Waals surface area (Å²) in [5.74, 6) is 1.23. The fourth-order valence-corrected chi connectivity index (χ4v) is 3.76. The molecule has 7 nitrogen and oxygen atoms in total. The highest BCUT2D eigenvalue weighted by atomic mass is 16.5. The molecule has 1 unspecified atom stereocenters. The summed E-state index contributed by atoms with van der Waals surface area (Å²) in [4.78, 5) is 29.9. The first kappa shape index (κ1) is 24.7. The Kier molecular flexibility index (Phi) is 11.5. The fraction of sp³-hybridized carbons (Fsp3) is 0.625. The molecule has 0 bridgehead atoms. The maximum Gasteiger partial charge on any atom is 0.305 e. The predicted octanol–water partition coefficient (Wildman–Crippen LogP) is 2.76. The zero-order valence-electron chi connectivity index (χ0n) is 19.1. The summed E-state index contributed by atoms with van der Waals surface area (Å²) < 4.78 is 4.93. The Bertz CT molecular complexity index is 693. The molecule has 2 N–H and O–H groups in total. The molecule has 1 atom stereocenters. The first-order valence-corrected chi connectivity index (χ1v) is 11.5. The Labute approximate surface area is 186 Å². The molecule has 0 radical (unpaired) electrons. The summed E-state index contributed by atoms with van der Waals surface area (Å²) in [6, 6.07) is 10.3. The molecule has 172 valence electrons. The summed E-state index contributed by atoms with van der Waals surface area (Å²) in [6.45, 7) is 5.45. The smallest absolute Gasteiger partial charge is 0.305 e. The summed E-state index contributed by atoms with van der Waals surface area (Å²) in [7, 11) is 1.76. The molecule has 0 aliphatic carbocycles. The minimum absolute atomic E-state index is 0.103. The van der Waals surface area contributed by atoms with E-state index in [4.69, 9.17) is 4.74 Å². The van der Waals surface area contributed by atoms with E-state index in [1.165, 1.54) is 5.56 Å². The second-order valence-electron chi connectivity index (χ2n) is 7.99. The largest absolute Gasteiger partial charge is 0.466 e. The van der Waals surface area contributed by atoms with Gasteiger partial charge in [0.25, 0.3) is 0 Å². The molecule has 7 heteroatoms. The van der Waals surface area contributed by atoms with Crippen LogP contribution in [0.2, 0.25) is 0 Å². The molecule has 1 saturated heterocycles. The van der Waals surface area contributed by atoms with Crippen molar-refractivity contribution in [3.05, 3.63) is 35.9 Å². The molecule has 0 saturated carbocycles. The molecule has 1 aliphatic heterocycles. The lowest BCUT2D eigenvalue weighted by Crippen LogP contribution is -2.40. The van der Waals surface area contributed by atoms with Crippen molar-refractivity contribution in [2.24, 2.45) is 10.9 Å². The number of nitrogens with one attached hydrogen (secondary N) is 2. The number of benzene rings is 1. The van der Waals surface area contributed by atoms with Gasteiger partial charge in [-0.3, -0.25) is 14.6 Å². The van der Waals surface area contributed by atoms with Gasteiger partial charge in [-0.25, -0.2) is 0 Å². The van der Waals surface area contributed by atoms with Crippen molar-refractivity contribution < 1.29 is 14.3 Å². The predicted molar refractivity (Wildman–Crippen MR) is 124 cm³/mol. The molecule has 0 spiro atoms. The average Bonchev–Trinajstić information content (AvgIpc) is 3.14. The molecule has 1 aromatic carbocycles. The van der Waals surface area contributed by atoms with Gasteiger partial charge in [-0.2, -0.15) is 0 Å². The number of nitrogens with zero attached hydrogens (tertiary/aromatic N) is 2. The SMILES string of the molecule is CCOC(=O)CCCCCCNC(=NC)NCC1CC(=O)N(CCc2ccccc2)C1. The van der Waals surface area contributed by atoms with Gasteiger partial charge in [0, 0.05) is 52.0 Å². The number of esters is 1. The maximum atomic E-state index is 12.3. The van der Waals surface area contributed by atoms with E-state index in [1.807, 2.05) is 30.0 Å². The number of carbonyl (C=O) groups excluding carboxylic acids is 2. The molecule has 0 aromatic heterocycles. The highest BCUT2D eigenvalue weighted by Crippen LogP contribution is 2.17. The number of rotatable bonds is 13. The third-order valence-corrected chi connectivity index (χ3v) is 5.50. The quantitative estimate of drug-likeness (QED) is 0.218. The summed E-state index contributed by atoms with van der Waals surface area (Å²) in [5, 5.41) is 6.69.